The third kappa shape index (κ3) is 12.6. The fourth-order valence-electron chi connectivity index (χ4n) is 7.34. The number of hydrogen-bond acceptors (Lipinski definition) is 0. The van der Waals surface area contributed by atoms with Crippen molar-refractivity contribution in [3.63, 3.8) is 0 Å². The molecule has 0 amide bonds. The highest BCUT2D eigenvalue weighted by Gasteiger charge is 2.21. The second-order valence-corrected chi connectivity index (χ2v) is 19.2. The molecule has 0 aromatic heterocycles. The zero-order valence-corrected chi connectivity index (χ0v) is 35.8. The normalized spacial score (nSPS) is 12.0. The summed E-state index contributed by atoms with van der Waals surface area (Å²) in [5.74, 6) is 0. The van der Waals surface area contributed by atoms with Crippen molar-refractivity contribution in [1.29, 1.82) is 0 Å². The summed E-state index contributed by atoms with van der Waals surface area (Å²) in [6.45, 7) is 32.2. The highest BCUT2D eigenvalue weighted by Crippen LogP contribution is 2.41. The zero-order chi connectivity index (χ0) is 37.3. The summed E-state index contributed by atoms with van der Waals surface area (Å²) in [7, 11) is -0.986. The SMILES string of the molecule is CC[NH+](CC)Cc1ccc(P(CCP(c2ccc(C[NH+](CC)CC)cc2)c2ccc(C[NH+](CC)CC)cc2)c2ccc(C[NH+](CC)CC)cc2)cc1. The van der Waals surface area contributed by atoms with Gasteiger partial charge in [-0.05, 0) is 105 Å². The van der Waals surface area contributed by atoms with Gasteiger partial charge in [-0.3, -0.25) is 0 Å². The lowest BCUT2D eigenvalue weighted by atomic mass is 10.2. The van der Waals surface area contributed by atoms with Gasteiger partial charge in [-0.15, -0.1) is 0 Å². The van der Waals surface area contributed by atoms with E-state index in [9.17, 15) is 0 Å². The maximum Gasteiger partial charge on any atom is 0.103 e. The molecule has 0 radical (unpaired) electrons. The Hall–Kier alpha value is -2.42. The van der Waals surface area contributed by atoms with Gasteiger partial charge in [0.05, 0.1) is 52.4 Å². The number of quaternary nitrogens is 4. The van der Waals surface area contributed by atoms with Gasteiger partial charge in [0.1, 0.15) is 26.2 Å². The Bertz CT molecular complexity index is 1290. The van der Waals surface area contributed by atoms with Crippen molar-refractivity contribution < 1.29 is 19.6 Å². The van der Waals surface area contributed by atoms with Crippen molar-refractivity contribution in [2.45, 2.75) is 81.6 Å². The van der Waals surface area contributed by atoms with Crippen LogP contribution in [0.3, 0.4) is 0 Å². The first kappa shape index (κ1) is 42.3. The summed E-state index contributed by atoms with van der Waals surface area (Å²) in [6.07, 6.45) is 2.39. The summed E-state index contributed by atoms with van der Waals surface area (Å²) < 4.78 is 0. The highest BCUT2D eigenvalue weighted by molar-refractivity contribution is 7.76. The molecule has 0 bridgehead atoms. The van der Waals surface area contributed by atoms with Gasteiger partial charge in [0.25, 0.3) is 0 Å². The van der Waals surface area contributed by atoms with Crippen LogP contribution in [0.2, 0.25) is 0 Å². The van der Waals surface area contributed by atoms with Crippen LogP contribution in [-0.2, 0) is 26.2 Å². The summed E-state index contributed by atoms with van der Waals surface area (Å²) in [5.41, 5.74) is 5.82. The Labute approximate surface area is 321 Å². The second-order valence-electron chi connectivity index (χ2n) is 14.5. The van der Waals surface area contributed by atoms with Crippen LogP contribution < -0.4 is 40.8 Å². The van der Waals surface area contributed by atoms with E-state index in [1.54, 1.807) is 19.6 Å². The summed E-state index contributed by atoms with van der Waals surface area (Å²) in [4.78, 5) is 6.56. The van der Waals surface area contributed by atoms with E-state index in [0.717, 1.165) is 26.2 Å². The second kappa shape index (κ2) is 22.7. The van der Waals surface area contributed by atoms with Crippen LogP contribution in [0.4, 0.5) is 0 Å². The number of benzene rings is 4. The predicted octanol–water partition coefficient (Wildman–Crippen LogP) is 2.95. The molecule has 0 aliphatic rings. The number of rotatable bonds is 23. The minimum absolute atomic E-state index is 0.493. The topological polar surface area (TPSA) is 17.8 Å². The van der Waals surface area contributed by atoms with Crippen LogP contribution >= 0.6 is 15.8 Å². The van der Waals surface area contributed by atoms with E-state index < -0.39 is 15.8 Å². The maximum atomic E-state index is 2.47. The fourth-order valence-corrected chi connectivity index (χ4v) is 12.6. The summed E-state index contributed by atoms with van der Waals surface area (Å²) in [5, 5.41) is 6.06. The highest BCUT2D eigenvalue weighted by atomic mass is 31.1. The van der Waals surface area contributed by atoms with Crippen LogP contribution in [0.15, 0.2) is 97.1 Å². The lowest BCUT2D eigenvalue weighted by Gasteiger charge is -2.25. The molecule has 0 fully saturated rings. The van der Waals surface area contributed by atoms with Crippen molar-refractivity contribution in [2.75, 3.05) is 64.7 Å². The lowest BCUT2D eigenvalue weighted by molar-refractivity contribution is -0.910. The molecule has 4 rings (SSSR count). The largest absolute Gasteiger partial charge is 0.332 e. The molecular formula is C46H72N4P2+4. The fraction of sp³-hybridized carbons (Fsp3) is 0.478. The Balaban J connectivity index is 1.67. The molecule has 282 valence electrons. The van der Waals surface area contributed by atoms with Crippen molar-refractivity contribution in [2.24, 2.45) is 0 Å². The molecule has 4 aromatic carbocycles. The zero-order valence-electron chi connectivity index (χ0n) is 34.0. The smallest absolute Gasteiger partial charge is 0.103 e. The minimum atomic E-state index is -0.493. The average Bonchev–Trinajstić information content (AvgIpc) is 3.20. The number of hydrogen-bond donors (Lipinski definition) is 4. The van der Waals surface area contributed by atoms with Crippen molar-refractivity contribution >= 4 is 37.1 Å². The average molecular weight is 743 g/mol. The molecule has 0 unspecified atom stereocenters. The number of nitrogens with one attached hydrogen (secondary N) is 4. The standard InChI is InChI=1S/C46H68N4P2/c1-9-47(10-2)35-39-17-25-43(26-18-39)51(44-27-19-40(20-28-44)36-48(11-3)12-4)33-34-52(45-29-21-41(22-30-45)37-49(13-5)14-6)46-31-23-42(24-32-46)38-50(15-7)16-8/h17-32H,9-16,33-38H2,1-8H3/p+4. The van der Waals surface area contributed by atoms with Gasteiger partial charge in [0.2, 0.25) is 0 Å². The molecule has 6 heteroatoms. The van der Waals surface area contributed by atoms with Gasteiger partial charge in [-0.2, -0.15) is 0 Å². The van der Waals surface area contributed by atoms with Gasteiger partial charge in [0.15, 0.2) is 0 Å². The molecule has 0 spiro atoms. The van der Waals surface area contributed by atoms with Crippen molar-refractivity contribution in [3.05, 3.63) is 119 Å². The Morgan fingerprint density at radius 2 is 0.462 bits per heavy atom. The van der Waals surface area contributed by atoms with Crippen LogP contribution in [0.25, 0.3) is 0 Å². The first-order valence-corrected chi connectivity index (χ1v) is 23.7. The molecule has 4 aromatic rings. The molecule has 0 heterocycles. The van der Waals surface area contributed by atoms with Crippen LogP contribution in [0.5, 0.6) is 0 Å². The molecule has 0 atom stereocenters. The first-order chi connectivity index (χ1) is 25.4. The Morgan fingerprint density at radius 1 is 0.288 bits per heavy atom. The van der Waals surface area contributed by atoms with Crippen LogP contribution in [0.1, 0.15) is 77.6 Å². The van der Waals surface area contributed by atoms with Crippen molar-refractivity contribution in [1.82, 2.24) is 0 Å². The van der Waals surface area contributed by atoms with Gasteiger partial charge in [-0.25, -0.2) is 0 Å². The van der Waals surface area contributed by atoms with Gasteiger partial charge in [0, 0.05) is 22.3 Å². The molecule has 4 N–H and O–H groups in total. The predicted molar refractivity (Wildman–Crippen MR) is 231 cm³/mol. The molecular weight excluding hydrogens is 670 g/mol. The van der Waals surface area contributed by atoms with E-state index in [1.165, 1.54) is 108 Å². The van der Waals surface area contributed by atoms with E-state index in [1.807, 2.05) is 0 Å². The minimum Gasteiger partial charge on any atom is -0.332 e. The first-order valence-electron chi connectivity index (χ1n) is 20.6. The molecule has 0 saturated carbocycles. The van der Waals surface area contributed by atoms with E-state index in [-0.39, 0.29) is 0 Å². The van der Waals surface area contributed by atoms with E-state index in [0.29, 0.717) is 0 Å². The van der Waals surface area contributed by atoms with E-state index in [2.05, 4.69) is 152 Å². The monoisotopic (exact) mass is 743 g/mol. The van der Waals surface area contributed by atoms with Crippen molar-refractivity contribution in [3.8, 4) is 0 Å². The maximum absolute atomic E-state index is 2.47. The molecule has 0 aliphatic carbocycles. The van der Waals surface area contributed by atoms with Crippen LogP contribution in [-0.4, -0.2) is 64.7 Å². The van der Waals surface area contributed by atoms with Gasteiger partial charge >= 0.3 is 0 Å². The quantitative estimate of drug-likeness (QED) is 0.0839. The summed E-state index contributed by atoms with van der Waals surface area (Å²) in [6, 6.07) is 39.1. The molecule has 52 heavy (non-hydrogen) atoms. The summed E-state index contributed by atoms with van der Waals surface area (Å²) >= 11 is 0. The Morgan fingerprint density at radius 3 is 0.615 bits per heavy atom. The molecule has 0 aliphatic heterocycles. The Kier molecular flexibility index (Phi) is 18.5. The third-order valence-corrected chi connectivity index (χ3v) is 16.7. The third-order valence-electron chi connectivity index (χ3n) is 11.4. The van der Waals surface area contributed by atoms with Crippen LogP contribution in [0, 0.1) is 0 Å². The van der Waals surface area contributed by atoms with Gasteiger partial charge < -0.3 is 19.6 Å². The lowest BCUT2D eigenvalue weighted by Crippen LogP contribution is -3.10. The van der Waals surface area contributed by atoms with E-state index in [4.69, 9.17) is 0 Å². The molecule has 4 nitrogen and oxygen atoms in total. The van der Waals surface area contributed by atoms with Gasteiger partial charge in [-0.1, -0.05) is 97.1 Å². The molecule has 0 saturated heterocycles. The van der Waals surface area contributed by atoms with E-state index >= 15 is 0 Å².